The predicted molar refractivity (Wildman–Crippen MR) is 137 cm³/mol. The SMILES string of the molecule is CCNC(=NCCCSc1nccs1)NC1CCN(Cc2ccc(F)cc2)CC1.I. The predicted octanol–water partition coefficient (Wildman–Crippen LogP) is 4.60. The second-order valence-corrected chi connectivity index (χ2v) is 9.32. The maximum absolute atomic E-state index is 13.1. The lowest BCUT2D eigenvalue weighted by Gasteiger charge is -2.33. The fourth-order valence-corrected chi connectivity index (χ4v) is 4.93. The highest BCUT2D eigenvalue weighted by molar-refractivity contribution is 14.0. The van der Waals surface area contributed by atoms with E-state index in [0.717, 1.165) is 68.0 Å². The number of rotatable bonds is 9. The summed E-state index contributed by atoms with van der Waals surface area (Å²) in [5.41, 5.74) is 1.17. The van der Waals surface area contributed by atoms with E-state index < -0.39 is 0 Å². The van der Waals surface area contributed by atoms with Crippen molar-refractivity contribution in [1.29, 1.82) is 0 Å². The van der Waals surface area contributed by atoms with Crippen LogP contribution in [-0.4, -0.2) is 53.8 Å². The van der Waals surface area contributed by atoms with E-state index in [1.54, 1.807) is 23.1 Å². The molecule has 1 aromatic carbocycles. The van der Waals surface area contributed by atoms with Gasteiger partial charge in [-0.3, -0.25) is 9.89 Å². The van der Waals surface area contributed by atoms with Crippen LogP contribution in [0.25, 0.3) is 0 Å². The van der Waals surface area contributed by atoms with Gasteiger partial charge in [0.05, 0.1) is 0 Å². The van der Waals surface area contributed by atoms with E-state index >= 15 is 0 Å². The Morgan fingerprint density at radius 2 is 2.07 bits per heavy atom. The summed E-state index contributed by atoms with van der Waals surface area (Å²) in [4.78, 5) is 11.5. The Labute approximate surface area is 204 Å². The second-order valence-electron chi connectivity index (χ2n) is 7.08. The molecule has 1 saturated heterocycles. The first kappa shape index (κ1) is 25.4. The molecule has 3 rings (SSSR count). The lowest BCUT2D eigenvalue weighted by molar-refractivity contribution is 0.198. The van der Waals surface area contributed by atoms with Crippen molar-refractivity contribution in [2.24, 2.45) is 4.99 Å². The van der Waals surface area contributed by atoms with E-state index in [4.69, 9.17) is 4.99 Å². The number of thioether (sulfide) groups is 1. The maximum Gasteiger partial charge on any atom is 0.191 e. The van der Waals surface area contributed by atoms with Crippen LogP contribution >= 0.6 is 47.1 Å². The Hall–Kier alpha value is -0.910. The molecule has 166 valence electrons. The molecule has 1 fully saturated rings. The lowest BCUT2D eigenvalue weighted by atomic mass is 10.0. The van der Waals surface area contributed by atoms with Gasteiger partial charge in [0.15, 0.2) is 5.96 Å². The summed E-state index contributed by atoms with van der Waals surface area (Å²) >= 11 is 3.49. The highest BCUT2D eigenvalue weighted by Crippen LogP contribution is 2.20. The van der Waals surface area contributed by atoms with Crippen LogP contribution in [0.2, 0.25) is 0 Å². The summed E-state index contributed by atoms with van der Waals surface area (Å²) in [5, 5.41) is 8.97. The summed E-state index contributed by atoms with van der Waals surface area (Å²) in [6.45, 7) is 6.75. The Bertz CT molecular complexity index is 734. The molecular weight excluding hydrogens is 532 g/mol. The van der Waals surface area contributed by atoms with Gasteiger partial charge in [-0.05, 0) is 43.9 Å². The van der Waals surface area contributed by atoms with Gasteiger partial charge in [-0.15, -0.1) is 35.3 Å². The number of aromatic nitrogens is 1. The van der Waals surface area contributed by atoms with Crippen molar-refractivity contribution in [3.8, 4) is 0 Å². The standard InChI is InChI=1S/C21H30FN5S2.HI/c1-2-23-20(24-10-3-14-28-21-25-11-15-29-21)26-19-8-12-27(13-9-19)16-17-4-6-18(22)7-5-17;/h4-7,11,15,19H,2-3,8-10,12-14,16H2,1H3,(H2,23,24,26);1H. The second kappa shape index (κ2) is 14.2. The van der Waals surface area contributed by atoms with E-state index in [1.807, 2.05) is 23.7 Å². The third-order valence-corrected chi connectivity index (χ3v) is 6.85. The molecular formula is C21H31FIN5S2. The minimum Gasteiger partial charge on any atom is -0.357 e. The van der Waals surface area contributed by atoms with Gasteiger partial charge in [-0.2, -0.15) is 0 Å². The monoisotopic (exact) mass is 563 g/mol. The molecule has 0 radical (unpaired) electrons. The molecule has 1 aliphatic heterocycles. The molecule has 0 unspecified atom stereocenters. The lowest BCUT2D eigenvalue weighted by Crippen LogP contribution is -2.48. The van der Waals surface area contributed by atoms with Gasteiger partial charge in [0.1, 0.15) is 10.2 Å². The van der Waals surface area contributed by atoms with Crippen LogP contribution in [0.5, 0.6) is 0 Å². The fraction of sp³-hybridized carbons (Fsp3) is 0.524. The van der Waals surface area contributed by atoms with E-state index in [9.17, 15) is 4.39 Å². The van der Waals surface area contributed by atoms with Crippen molar-refractivity contribution < 1.29 is 4.39 Å². The third-order valence-electron chi connectivity index (χ3n) is 4.80. The number of nitrogens with one attached hydrogen (secondary N) is 2. The average Bonchev–Trinajstić information content (AvgIpc) is 3.24. The quantitative estimate of drug-likeness (QED) is 0.154. The normalized spacial score (nSPS) is 15.6. The number of guanidine groups is 1. The zero-order valence-electron chi connectivity index (χ0n) is 17.3. The van der Waals surface area contributed by atoms with Gasteiger partial charge in [0.2, 0.25) is 0 Å². The van der Waals surface area contributed by atoms with Crippen molar-refractivity contribution in [3.63, 3.8) is 0 Å². The Morgan fingerprint density at radius 1 is 1.30 bits per heavy atom. The third kappa shape index (κ3) is 9.07. The van der Waals surface area contributed by atoms with Gasteiger partial charge in [0, 0.05) is 56.1 Å². The van der Waals surface area contributed by atoms with Gasteiger partial charge >= 0.3 is 0 Å². The largest absolute Gasteiger partial charge is 0.357 e. The van der Waals surface area contributed by atoms with Crippen molar-refractivity contribution in [3.05, 3.63) is 47.2 Å². The van der Waals surface area contributed by atoms with Crippen LogP contribution in [-0.2, 0) is 6.54 Å². The van der Waals surface area contributed by atoms with E-state index in [0.29, 0.717) is 6.04 Å². The topological polar surface area (TPSA) is 52.6 Å². The van der Waals surface area contributed by atoms with Crippen LogP contribution in [0.3, 0.4) is 0 Å². The van der Waals surface area contributed by atoms with Crippen LogP contribution in [0.15, 0.2) is 45.2 Å². The zero-order valence-corrected chi connectivity index (χ0v) is 21.3. The summed E-state index contributed by atoms with van der Waals surface area (Å²) in [5.74, 6) is 1.79. The van der Waals surface area contributed by atoms with Crippen LogP contribution in [0, 0.1) is 5.82 Å². The summed E-state index contributed by atoms with van der Waals surface area (Å²) in [6, 6.07) is 7.28. The molecule has 5 nitrogen and oxygen atoms in total. The van der Waals surface area contributed by atoms with Crippen molar-refractivity contribution in [2.45, 2.75) is 43.1 Å². The molecule has 0 aliphatic carbocycles. The van der Waals surface area contributed by atoms with Gasteiger partial charge < -0.3 is 10.6 Å². The molecule has 0 saturated carbocycles. The summed E-state index contributed by atoms with van der Waals surface area (Å²) in [6.07, 6.45) is 5.07. The molecule has 0 atom stereocenters. The molecule has 2 N–H and O–H groups in total. The molecule has 9 heteroatoms. The molecule has 2 aromatic rings. The zero-order chi connectivity index (χ0) is 20.3. The maximum atomic E-state index is 13.1. The average molecular weight is 564 g/mol. The molecule has 0 amide bonds. The highest BCUT2D eigenvalue weighted by atomic mass is 127. The van der Waals surface area contributed by atoms with Gasteiger partial charge in [0.25, 0.3) is 0 Å². The molecule has 0 spiro atoms. The molecule has 30 heavy (non-hydrogen) atoms. The number of halogens is 2. The van der Waals surface area contributed by atoms with E-state index in [-0.39, 0.29) is 29.8 Å². The van der Waals surface area contributed by atoms with Gasteiger partial charge in [-0.1, -0.05) is 23.9 Å². The molecule has 2 heterocycles. The number of likely N-dealkylation sites (tertiary alicyclic amines) is 1. The van der Waals surface area contributed by atoms with Crippen molar-refractivity contribution in [1.82, 2.24) is 20.5 Å². The smallest absolute Gasteiger partial charge is 0.191 e. The van der Waals surface area contributed by atoms with Crippen LogP contribution in [0.1, 0.15) is 31.7 Å². The first-order valence-electron chi connectivity index (χ1n) is 10.3. The fourth-order valence-electron chi connectivity index (χ4n) is 3.29. The molecule has 1 aliphatic rings. The molecule has 0 bridgehead atoms. The number of hydrogen-bond donors (Lipinski definition) is 2. The Balaban J connectivity index is 0.00000320. The summed E-state index contributed by atoms with van der Waals surface area (Å²) < 4.78 is 14.2. The van der Waals surface area contributed by atoms with Crippen molar-refractivity contribution >= 4 is 53.0 Å². The van der Waals surface area contributed by atoms with Crippen LogP contribution < -0.4 is 10.6 Å². The molecule has 1 aromatic heterocycles. The number of aliphatic imine (C=N–C) groups is 1. The minimum absolute atomic E-state index is 0. The first-order valence-corrected chi connectivity index (χ1v) is 12.1. The minimum atomic E-state index is -0.173. The number of piperidine rings is 1. The first-order chi connectivity index (χ1) is 14.2. The van der Waals surface area contributed by atoms with E-state index in [2.05, 4.69) is 27.4 Å². The van der Waals surface area contributed by atoms with Crippen molar-refractivity contribution in [2.75, 3.05) is 31.9 Å². The number of benzene rings is 1. The highest BCUT2D eigenvalue weighted by Gasteiger charge is 2.20. The number of thiazole rings is 1. The van der Waals surface area contributed by atoms with Crippen LogP contribution in [0.4, 0.5) is 4.39 Å². The summed E-state index contributed by atoms with van der Waals surface area (Å²) in [7, 11) is 0. The number of hydrogen-bond acceptors (Lipinski definition) is 5. The van der Waals surface area contributed by atoms with Gasteiger partial charge in [-0.25, -0.2) is 9.37 Å². The Kier molecular flexibility index (Phi) is 12.0. The Morgan fingerprint density at radius 3 is 2.73 bits per heavy atom. The number of nitrogens with zero attached hydrogens (tertiary/aromatic N) is 3. The van der Waals surface area contributed by atoms with E-state index in [1.165, 1.54) is 17.7 Å².